The highest BCUT2D eigenvalue weighted by Crippen LogP contribution is 2.32. The predicted octanol–water partition coefficient (Wildman–Crippen LogP) is 2.18. The van der Waals surface area contributed by atoms with Gasteiger partial charge in [-0.1, -0.05) is 0 Å². The van der Waals surface area contributed by atoms with Gasteiger partial charge in [-0.2, -0.15) is 0 Å². The number of rotatable bonds is 1. The largest absolute Gasteiger partial charge is 0.398 e. The van der Waals surface area contributed by atoms with Crippen LogP contribution in [0.15, 0.2) is 24.4 Å². The summed E-state index contributed by atoms with van der Waals surface area (Å²) in [4.78, 5) is 6.30. The molecular formula is C14H16FN3O. The fourth-order valence-corrected chi connectivity index (χ4v) is 2.49. The molecule has 1 fully saturated rings. The zero-order valence-corrected chi connectivity index (χ0v) is 10.6. The van der Waals surface area contributed by atoms with Gasteiger partial charge in [-0.05, 0) is 24.6 Å². The lowest BCUT2D eigenvalue weighted by molar-refractivity contribution is 0.152. The Labute approximate surface area is 111 Å². The van der Waals surface area contributed by atoms with E-state index in [9.17, 15) is 4.39 Å². The molecule has 0 amide bonds. The first-order valence-electron chi connectivity index (χ1n) is 6.43. The van der Waals surface area contributed by atoms with Crippen LogP contribution < -0.4 is 10.6 Å². The highest BCUT2D eigenvalue weighted by molar-refractivity contribution is 5.98. The van der Waals surface area contributed by atoms with Gasteiger partial charge in [0.05, 0.1) is 17.8 Å². The number of hydrogen-bond donors (Lipinski definition) is 1. The van der Waals surface area contributed by atoms with Crippen molar-refractivity contribution in [1.29, 1.82) is 0 Å². The lowest BCUT2D eigenvalue weighted by Crippen LogP contribution is -2.27. The topological polar surface area (TPSA) is 51.4 Å². The number of nitrogen functional groups attached to an aromatic ring is 1. The van der Waals surface area contributed by atoms with Crippen molar-refractivity contribution in [3.05, 3.63) is 30.2 Å². The predicted molar refractivity (Wildman–Crippen MR) is 73.8 cm³/mol. The molecule has 1 saturated heterocycles. The molecule has 1 aliphatic heterocycles. The average molecular weight is 261 g/mol. The zero-order chi connectivity index (χ0) is 13.2. The minimum atomic E-state index is -0.314. The van der Waals surface area contributed by atoms with Gasteiger partial charge in [-0.25, -0.2) is 4.39 Å². The molecule has 100 valence electrons. The van der Waals surface area contributed by atoms with E-state index < -0.39 is 0 Å². The van der Waals surface area contributed by atoms with Crippen LogP contribution in [0.25, 0.3) is 10.9 Å². The second kappa shape index (κ2) is 5.01. The van der Waals surface area contributed by atoms with E-state index in [0.29, 0.717) is 30.0 Å². The molecule has 19 heavy (non-hydrogen) atoms. The molecule has 2 heterocycles. The highest BCUT2D eigenvalue weighted by atomic mass is 19.1. The van der Waals surface area contributed by atoms with Gasteiger partial charge in [-0.3, -0.25) is 4.98 Å². The third-order valence-corrected chi connectivity index (χ3v) is 3.39. The molecule has 0 radical (unpaired) electrons. The Morgan fingerprint density at radius 1 is 1.32 bits per heavy atom. The van der Waals surface area contributed by atoms with Gasteiger partial charge in [0.2, 0.25) is 0 Å². The summed E-state index contributed by atoms with van der Waals surface area (Å²) in [5.74, 6) is -0.314. The van der Waals surface area contributed by atoms with E-state index in [1.807, 2.05) is 17.0 Å². The summed E-state index contributed by atoms with van der Waals surface area (Å²) in [6, 6.07) is 5.06. The number of anilines is 2. The summed E-state index contributed by atoms with van der Waals surface area (Å²) in [5.41, 5.74) is 7.45. The molecule has 0 spiro atoms. The van der Waals surface area contributed by atoms with E-state index >= 15 is 0 Å². The van der Waals surface area contributed by atoms with Crippen LogP contribution in [0.5, 0.6) is 0 Å². The Morgan fingerprint density at radius 3 is 3.11 bits per heavy atom. The summed E-state index contributed by atoms with van der Waals surface area (Å²) in [6.07, 6.45) is 2.55. The molecule has 0 atom stereocenters. The van der Waals surface area contributed by atoms with Gasteiger partial charge >= 0.3 is 0 Å². The maximum absolute atomic E-state index is 14.3. The summed E-state index contributed by atoms with van der Waals surface area (Å²) in [7, 11) is 0. The first-order valence-corrected chi connectivity index (χ1v) is 6.43. The van der Waals surface area contributed by atoms with Crippen LogP contribution in [0.1, 0.15) is 6.42 Å². The average Bonchev–Trinajstić information content (AvgIpc) is 2.68. The fourth-order valence-electron chi connectivity index (χ4n) is 2.49. The first kappa shape index (κ1) is 12.2. The quantitative estimate of drug-likeness (QED) is 0.799. The van der Waals surface area contributed by atoms with E-state index in [1.54, 1.807) is 6.20 Å². The summed E-state index contributed by atoms with van der Waals surface area (Å²) < 4.78 is 19.7. The van der Waals surface area contributed by atoms with E-state index in [1.165, 1.54) is 6.07 Å². The Morgan fingerprint density at radius 2 is 2.21 bits per heavy atom. The van der Waals surface area contributed by atoms with Gasteiger partial charge in [0.15, 0.2) is 5.82 Å². The number of nitrogens with zero attached hydrogens (tertiary/aromatic N) is 2. The van der Waals surface area contributed by atoms with Crippen LogP contribution in [0.4, 0.5) is 15.8 Å². The van der Waals surface area contributed by atoms with Crippen LogP contribution in [-0.4, -0.2) is 31.3 Å². The summed E-state index contributed by atoms with van der Waals surface area (Å²) >= 11 is 0. The van der Waals surface area contributed by atoms with Gasteiger partial charge < -0.3 is 15.4 Å². The van der Waals surface area contributed by atoms with Crippen molar-refractivity contribution < 1.29 is 9.13 Å². The molecule has 4 nitrogen and oxygen atoms in total. The van der Waals surface area contributed by atoms with Crippen LogP contribution in [0.2, 0.25) is 0 Å². The number of halogens is 1. The molecule has 1 aromatic heterocycles. The molecule has 2 aromatic rings. The monoisotopic (exact) mass is 261 g/mol. The molecular weight excluding hydrogens is 245 g/mol. The van der Waals surface area contributed by atoms with E-state index in [-0.39, 0.29) is 5.82 Å². The van der Waals surface area contributed by atoms with Crippen molar-refractivity contribution in [2.24, 2.45) is 0 Å². The second-order valence-electron chi connectivity index (χ2n) is 4.65. The van der Waals surface area contributed by atoms with Gasteiger partial charge in [-0.15, -0.1) is 0 Å². The number of ether oxygens (including phenoxy) is 1. The number of fused-ring (bicyclic) bond motifs is 1. The zero-order valence-electron chi connectivity index (χ0n) is 10.6. The Bertz CT molecular complexity index is 595. The normalized spacial score (nSPS) is 16.6. The Hall–Kier alpha value is -1.88. The molecule has 0 unspecified atom stereocenters. The van der Waals surface area contributed by atoms with Crippen molar-refractivity contribution in [3.63, 3.8) is 0 Å². The third kappa shape index (κ3) is 2.21. The SMILES string of the molecule is Nc1cc(F)c(N2CCCOCC2)c2ncccc12. The van der Waals surface area contributed by atoms with Gasteiger partial charge in [0.1, 0.15) is 0 Å². The molecule has 1 aliphatic rings. The second-order valence-corrected chi connectivity index (χ2v) is 4.65. The van der Waals surface area contributed by atoms with Crippen molar-refractivity contribution in [2.75, 3.05) is 36.9 Å². The van der Waals surface area contributed by atoms with Gasteiger partial charge in [0, 0.05) is 37.0 Å². The number of nitrogens with two attached hydrogens (primary N) is 1. The van der Waals surface area contributed by atoms with Crippen LogP contribution >= 0.6 is 0 Å². The smallest absolute Gasteiger partial charge is 0.150 e. The van der Waals surface area contributed by atoms with Gasteiger partial charge in [0.25, 0.3) is 0 Å². The third-order valence-electron chi connectivity index (χ3n) is 3.39. The number of benzene rings is 1. The fraction of sp³-hybridized carbons (Fsp3) is 0.357. The Balaban J connectivity index is 2.16. The molecule has 3 rings (SSSR count). The number of hydrogen-bond acceptors (Lipinski definition) is 4. The molecule has 0 saturated carbocycles. The van der Waals surface area contributed by atoms with Crippen molar-refractivity contribution in [2.45, 2.75) is 6.42 Å². The molecule has 1 aromatic carbocycles. The number of pyridine rings is 1. The molecule has 0 aliphatic carbocycles. The lowest BCUT2D eigenvalue weighted by atomic mass is 10.1. The van der Waals surface area contributed by atoms with Crippen molar-refractivity contribution in [1.82, 2.24) is 4.98 Å². The molecule has 0 bridgehead atoms. The summed E-state index contributed by atoms with van der Waals surface area (Å²) in [6.45, 7) is 2.77. The maximum Gasteiger partial charge on any atom is 0.150 e. The summed E-state index contributed by atoms with van der Waals surface area (Å²) in [5, 5.41) is 0.795. The highest BCUT2D eigenvalue weighted by Gasteiger charge is 2.19. The first-order chi connectivity index (χ1) is 9.27. The minimum Gasteiger partial charge on any atom is -0.398 e. The van der Waals surface area contributed by atoms with E-state index in [0.717, 1.165) is 25.0 Å². The molecule has 2 N–H and O–H groups in total. The number of aromatic nitrogens is 1. The van der Waals surface area contributed by atoms with Crippen molar-refractivity contribution >= 4 is 22.3 Å². The van der Waals surface area contributed by atoms with Crippen LogP contribution in [0, 0.1) is 5.82 Å². The molecule has 5 heteroatoms. The Kier molecular flexibility index (Phi) is 3.21. The lowest BCUT2D eigenvalue weighted by Gasteiger charge is -2.24. The standard InChI is InChI=1S/C14H16FN3O/c15-11-9-12(16)10-3-1-4-17-13(10)14(11)18-5-2-7-19-8-6-18/h1,3-4,9H,2,5-8,16H2. The van der Waals surface area contributed by atoms with Crippen LogP contribution in [0.3, 0.4) is 0 Å². The van der Waals surface area contributed by atoms with E-state index in [2.05, 4.69) is 4.98 Å². The van der Waals surface area contributed by atoms with E-state index in [4.69, 9.17) is 10.5 Å². The maximum atomic E-state index is 14.3. The van der Waals surface area contributed by atoms with Crippen molar-refractivity contribution in [3.8, 4) is 0 Å². The van der Waals surface area contributed by atoms with Crippen LogP contribution in [-0.2, 0) is 4.74 Å². The minimum absolute atomic E-state index is 0.314.